The van der Waals surface area contributed by atoms with Crippen LogP contribution in [0.3, 0.4) is 0 Å². The van der Waals surface area contributed by atoms with Crippen molar-refractivity contribution >= 4 is 11.6 Å². The van der Waals surface area contributed by atoms with Crippen molar-refractivity contribution in [2.24, 2.45) is 5.73 Å². The molecule has 0 unspecified atom stereocenters. The Balaban J connectivity index is 2.52. The highest BCUT2D eigenvalue weighted by Gasteiger charge is 2.37. The Kier molecular flexibility index (Phi) is 5.32. The van der Waals surface area contributed by atoms with Gasteiger partial charge in [0.05, 0.1) is 7.11 Å². The van der Waals surface area contributed by atoms with Crippen molar-refractivity contribution in [3.05, 3.63) is 23.3 Å². The van der Waals surface area contributed by atoms with Gasteiger partial charge in [-0.1, -0.05) is 13.8 Å². The Bertz CT molecular complexity index is 582. The lowest BCUT2D eigenvalue weighted by atomic mass is 9.76. The first-order valence-electron chi connectivity index (χ1n) is 8.09. The van der Waals surface area contributed by atoms with E-state index in [-0.39, 0.29) is 17.4 Å². The lowest BCUT2D eigenvalue weighted by Crippen LogP contribution is -2.42. The van der Waals surface area contributed by atoms with Gasteiger partial charge in [-0.2, -0.15) is 0 Å². The minimum atomic E-state index is -0.214. The Labute approximate surface area is 138 Å². The number of carbonyl (C=O) groups excluding carboxylic acids is 1. The number of hydrogen-bond acceptors (Lipinski definition) is 4. The molecule has 0 aromatic heterocycles. The molecule has 1 aromatic rings. The number of nitrogens with two attached hydrogens (primary N) is 1. The van der Waals surface area contributed by atoms with Gasteiger partial charge >= 0.3 is 0 Å². The van der Waals surface area contributed by atoms with E-state index in [1.807, 2.05) is 24.0 Å². The van der Waals surface area contributed by atoms with E-state index in [4.69, 9.17) is 15.2 Å². The molecule has 1 heterocycles. The predicted octanol–water partition coefficient (Wildman–Crippen LogP) is 2.77. The van der Waals surface area contributed by atoms with Gasteiger partial charge < -0.3 is 20.1 Å². The van der Waals surface area contributed by atoms with Crippen LogP contribution in [0.15, 0.2) is 12.1 Å². The quantitative estimate of drug-likeness (QED) is 0.819. The fourth-order valence-electron chi connectivity index (χ4n) is 3.20. The van der Waals surface area contributed by atoms with Crippen LogP contribution in [-0.2, 0) is 14.9 Å². The van der Waals surface area contributed by atoms with E-state index in [0.29, 0.717) is 19.6 Å². The lowest BCUT2D eigenvalue weighted by molar-refractivity contribution is -0.120. The molecule has 0 aliphatic carbocycles. The van der Waals surface area contributed by atoms with Crippen LogP contribution >= 0.6 is 0 Å². The largest absolute Gasteiger partial charge is 0.496 e. The van der Waals surface area contributed by atoms with E-state index in [9.17, 15) is 4.79 Å². The highest BCUT2D eigenvalue weighted by Crippen LogP contribution is 2.44. The number of amides is 1. The molecule has 1 aliphatic rings. The Morgan fingerprint density at radius 2 is 2.04 bits per heavy atom. The third kappa shape index (κ3) is 3.51. The van der Waals surface area contributed by atoms with Crippen LogP contribution in [0, 0.1) is 0 Å². The molecule has 1 aliphatic heterocycles. The van der Waals surface area contributed by atoms with E-state index in [1.54, 1.807) is 14.2 Å². The van der Waals surface area contributed by atoms with E-state index >= 15 is 0 Å². The fraction of sp³-hybridized carbons (Fsp3) is 0.611. The highest BCUT2D eigenvalue weighted by molar-refractivity contribution is 5.98. The summed E-state index contributed by atoms with van der Waals surface area (Å²) in [6, 6.07) is 3.91. The molecule has 1 atom stereocenters. The maximum absolute atomic E-state index is 12.6. The van der Waals surface area contributed by atoms with Gasteiger partial charge in [0.25, 0.3) is 0 Å². The second-order valence-corrected chi connectivity index (χ2v) is 6.85. The van der Waals surface area contributed by atoms with Gasteiger partial charge in [-0.05, 0) is 31.0 Å². The fourth-order valence-corrected chi connectivity index (χ4v) is 3.20. The van der Waals surface area contributed by atoms with Gasteiger partial charge in [-0.15, -0.1) is 0 Å². The van der Waals surface area contributed by atoms with Gasteiger partial charge in [0.1, 0.15) is 5.75 Å². The first kappa shape index (κ1) is 17.8. The summed E-state index contributed by atoms with van der Waals surface area (Å²) in [6.45, 7) is 7.41. The van der Waals surface area contributed by atoms with Crippen LogP contribution in [0.1, 0.15) is 50.8 Å². The SMILES string of the molecule is COCCCN1C(=O)CC(C)(C)c2cc(OC)c([C@@H](C)N)cc21. The molecule has 23 heavy (non-hydrogen) atoms. The van der Waals surface area contributed by atoms with Crippen molar-refractivity contribution in [1.82, 2.24) is 0 Å². The van der Waals surface area contributed by atoms with Gasteiger partial charge in [-0.3, -0.25) is 4.79 Å². The number of ether oxygens (including phenoxy) is 2. The monoisotopic (exact) mass is 320 g/mol. The standard InChI is InChI=1S/C18H28N2O3/c1-12(19)13-9-15-14(10-16(13)23-5)18(2,3)11-17(21)20(15)7-6-8-22-4/h9-10,12H,6-8,11,19H2,1-5H3/t12-/m1/s1. The molecular weight excluding hydrogens is 292 g/mol. The van der Waals surface area contributed by atoms with Gasteiger partial charge in [0, 0.05) is 49.4 Å². The highest BCUT2D eigenvalue weighted by atomic mass is 16.5. The number of rotatable bonds is 6. The van der Waals surface area contributed by atoms with E-state index < -0.39 is 0 Å². The maximum atomic E-state index is 12.6. The average Bonchev–Trinajstić information content (AvgIpc) is 2.48. The normalized spacial score (nSPS) is 17.8. The van der Waals surface area contributed by atoms with E-state index in [2.05, 4.69) is 13.8 Å². The Morgan fingerprint density at radius 1 is 1.35 bits per heavy atom. The van der Waals surface area contributed by atoms with Crippen LogP contribution in [-0.4, -0.2) is 33.3 Å². The van der Waals surface area contributed by atoms with Crippen molar-refractivity contribution in [2.75, 3.05) is 32.3 Å². The lowest BCUT2D eigenvalue weighted by Gasteiger charge is -2.39. The minimum Gasteiger partial charge on any atom is -0.496 e. The summed E-state index contributed by atoms with van der Waals surface area (Å²) in [6.07, 6.45) is 1.30. The summed E-state index contributed by atoms with van der Waals surface area (Å²) in [5.41, 5.74) is 8.89. The molecule has 0 bridgehead atoms. The molecule has 5 nitrogen and oxygen atoms in total. The van der Waals surface area contributed by atoms with Gasteiger partial charge in [0.15, 0.2) is 0 Å². The molecular formula is C18H28N2O3. The molecule has 0 spiro atoms. The van der Waals surface area contributed by atoms with Crippen molar-refractivity contribution in [3.8, 4) is 5.75 Å². The van der Waals surface area contributed by atoms with Crippen LogP contribution in [0.4, 0.5) is 5.69 Å². The van der Waals surface area contributed by atoms with Gasteiger partial charge in [-0.25, -0.2) is 0 Å². The average molecular weight is 320 g/mol. The third-order valence-electron chi connectivity index (χ3n) is 4.48. The molecule has 0 saturated heterocycles. The van der Waals surface area contributed by atoms with Crippen molar-refractivity contribution in [1.29, 1.82) is 0 Å². The van der Waals surface area contributed by atoms with Crippen LogP contribution in [0.25, 0.3) is 0 Å². The van der Waals surface area contributed by atoms with Crippen LogP contribution in [0.5, 0.6) is 5.75 Å². The topological polar surface area (TPSA) is 64.8 Å². The van der Waals surface area contributed by atoms with E-state index in [0.717, 1.165) is 29.0 Å². The smallest absolute Gasteiger partial charge is 0.227 e. The molecule has 5 heteroatoms. The number of methoxy groups -OCH3 is 2. The zero-order chi connectivity index (χ0) is 17.2. The molecule has 1 amide bonds. The number of fused-ring (bicyclic) bond motifs is 1. The Morgan fingerprint density at radius 3 is 2.61 bits per heavy atom. The first-order chi connectivity index (χ1) is 10.8. The van der Waals surface area contributed by atoms with Crippen molar-refractivity contribution < 1.29 is 14.3 Å². The zero-order valence-electron chi connectivity index (χ0n) is 14.8. The first-order valence-corrected chi connectivity index (χ1v) is 8.09. The number of benzene rings is 1. The van der Waals surface area contributed by atoms with Crippen molar-refractivity contribution in [3.63, 3.8) is 0 Å². The molecule has 0 saturated carbocycles. The molecule has 1 aromatic carbocycles. The summed E-state index contributed by atoms with van der Waals surface area (Å²) < 4.78 is 10.6. The molecule has 2 N–H and O–H groups in total. The number of carbonyl (C=O) groups is 1. The minimum absolute atomic E-state index is 0.152. The molecule has 128 valence electrons. The predicted molar refractivity (Wildman–Crippen MR) is 92.1 cm³/mol. The second kappa shape index (κ2) is 6.89. The summed E-state index contributed by atoms with van der Waals surface area (Å²) in [4.78, 5) is 14.5. The molecule has 0 radical (unpaired) electrons. The maximum Gasteiger partial charge on any atom is 0.227 e. The summed E-state index contributed by atoms with van der Waals surface area (Å²) in [7, 11) is 3.33. The number of nitrogens with zero attached hydrogens (tertiary/aromatic N) is 1. The Hall–Kier alpha value is -1.59. The number of anilines is 1. The van der Waals surface area contributed by atoms with Gasteiger partial charge in [0.2, 0.25) is 5.91 Å². The molecule has 0 fully saturated rings. The van der Waals surface area contributed by atoms with Crippen molar-refractivity contribution in [2.45, 2.75) is 45.1 Å². The number of hydrogen-bond donors (Lipinski definition) is 1. The summed E-state index contributed by atoms with van der Waals surface area (Å²) >= 11 is 0. The zero-order valence-corrected chi connectivity index (χ0v) is 14.8. The summed E-state index contributed by atoms with van der Waals surface area (Å²) in [5, 5.41) is 0. The van der Waals surface area contributed by atoms with Crippen LogP contribution in [0.2, 0.25) is 0 Å². The second-order valence-electron chi connectivity index (χ2n) is 6.85. The summed E-state index contributed by atoms with van der Waals surface area (Å²) in [5.74, 6) is 0.942. The molecule has 2 rings (SSSR count). The van der Waals surface area contributed by atoms with E-state index in [1.165, 1.54) is 0 Å². The van der Waals surface area contributed by atoms with Crippen LogP contribution < -0.4 is 15.4 Å². The third-order valence-corrected chi connectivity index (χ3v) is 4.48.